The van der Waals surface area contributed by atoms with Gasteiger partial charge in [-0.25, -0.2) is 4.39 Å². The van der Waals surface area contributed by atoms with Crippen molar-refractivity contribution in [3.05, 3.63) is 59.9 Å². The number of aliphatic hydroxyl groups excluding tert-OH is 1. The molecule has 1 fully saturated rings. The molecule has 1 aliphatic heterocycles. The fourth-order valence-corrected chi connectivity index (χ4v) is 4.10. The van der Waals surface area contributed by atoms with Gasteiger partial charge in [0.05, 0.1) is 18.7 Å². The van der Waals surface area contributed by atoms with Crippen LogP contribution in [0.1, 0.15) is 31.7 Å². The number of halogens is 1. The molecule has 2 aromatic carbocycles. The van der Waals surface area contributed by atoms with E-state index in [4.69, 9.17) is 0 Å². The molecule has 29 heavy (non-hydrogen) atoms. The lowest BCUT2D eigenvalue weighted by atomic mass is 9.74. The van der Waals surface area contributed by atoms with E-state index in [2.05, 4.69) is 0 Å². The zero-order chi connectivity index (χ0) is 21.1. The van der Waals surface area contributed by atoms with Crippen LogP contribution in [-0.4, -0.2) is 59.0 Å². The summed E-state index contributed by atoms with van der Waals surface area (Å²) in [5, 5.41) is 9.94. The Morgan fingerprint density at radius 1 is 1.03 bits per heavy atom. The van der Waals surface area contributed by atoms with E-state index < -0.39 is 0 Å². The Kier molecular flexibility index (Phi) is 6.33. The van der Waals surface area contributed by atoms with Gasteiger partial charge >= 0.3 is 0 Å². The molecule has 0 radical (unpaired) electrons. The van der Waals surface area contributed by atoms with Crippen molar-refractivity contribution >= 4 is 11.8 Å². The van der Waals surface area contributed by atoms with E-state index >= 15 is 0 Å². The van der Waals surface area contributed by atoms with Crippen LogP contribution < -0.4 is 0 Å². The predicted octanol–water partition coefficient (Wildman–Crippen LogP) is 3.04. The van der Waals surface area contributed by atoms with Crippen LogP contribution in [0, 0.1) is 5.82 Å². The first-order valence-electron chi connectivity index (χ1n) is 9.87. The number of likely N-dealkylation sites (tertiary alicyclic amines) is 1. The number of aliphatic hydroxyl groups is 1. The molecular weight excluding hydrogens is 371 g/mol. The summed E-state index contributed by atoms with van der Waals surface area (Å²) >= 11 is 0. The Morgan fingerprint density at radius 2 is 1.59 bits per heavy atom. The molecule has 2 aromatic rings. The highest BCUT2D eigenvalue weighted by atomic mass is 19.1. The summed E-state index contributed by atoms with van der Waals surface area (Å²) in [5.74, 6) is -0.416. The lowest BCUT2D eigenvalue weighted by molar-refractivity contribution is -0.153. The number of hydrogen-bond donors (Lipinski definition) is 1. The summed E-state index contributed by atoms with van der Waals surface area (Å²) in [6.45, 7) is 3.59. The average molecular weight is 398 g/mol. The molecule has 3 rings (SSSR count). The van der Waals surface area contributed by atoms with Gasteiger partial charge in [0.15, 0.2) is 0 Å². The SMILES string of the molecule is CCC(=O)N1[C@H](CO)[C@H](c2ccc(-c3ccc(F)cc3)cc2)[C@@H]1CN(C)C(C)=O. The fraction of sp³-hybridized carbons (Fsp3) is 0.391. The quantitative estimate of drug-likeness (QED) is 0.814. The number of likely N-dealkylation sites (N-methyl/N-ethyl adjacent to an activating group) is 1. The molecule has 6 heteroatoms. The highest BCUT2D eigenvalue weighted by Gasteiger charge is 2.50. The molecule has 0 spiro atoms. The van der Waals surface area contributed by atoms with Crippen molar-refractivity contribution in [1.82, 2.24) is 9.80 Å². The highest BCUT2D eigenvalue weighted by Crippen LogP contribution is 2.42. The van der Waals surface area contributed by atoms with Crippen LogP contribution in [-0.2, 0) is 9.59 Å². The van der Waals surface area contributed by atoms with Crippen LogP contribution in [0.5, 0.6) is 0 Å². The predicted molar refractivity (Wildman–Crippen MR) is 110 cm³/mol. The number of rotatable bonds is 6. The Balaban J connectivity index is 1.88. The minimum Gasteiger partial charge on any atom is -0.394 e. The molecule has 0 aliphatic carbocycles. The smallest absolute Gasteiger partial charge is 0.222 e. The van der Waals surface area contributed by atoms with Crippen molar-refractivity contribution in [1.29, 1.82) is 0 Å². The molecule has 0 unspecified atom stereocenters. The number of benzene rings is 2. The molecule has 2 amide bonds. The molecule has 154 valence electrons. The summed E-state index contributed by atoms with van der Waals surface area (Å²) in [7, 11) is 1.72. The summed E-state index contributed by atoms with van der Waals surface area (Å²) in [4.78, 5) is 27.5. The van der Waals surface area contributed by atoms with Crippen LogP contribution in [0.15, 0.2) is 48.5 Å². The van der Waals surface area contributed by atoms with E-state index in [1.165, 1.54) is 19.1 Å². The Bertz CT molecular complexity index is 867. The van der Waals surface area contributed by atoms with Gasteiger partial charge < -0.3 is 14.9 Å². The van der Waals surface area contributed by atoms with Gasteiger partial charge in [0.25, 0.3) is 0 Å². The topological polar surface area (TPSA) is 60.9 Å². The Labute approximate surface area is 170 Å². The van der Waals surface area contributed by atoms with Crippen LogP contribution in [0.4, 0.5) is 4.39 Å². The highest BCUT2D eigenvalue weighted by molar-refractivity contribution is 5.79. The maximum absolute atomic E-state index is 13.2. The minimum atomic E-state index is -0.301. The maximum atomic E-state index is 13.2. The normalized spacial score (nSPS) is 20.9. The second kappa shape index (κ2) is 8.74. The molecular formula is C23H27FN2O3. The molecule has 0 saturated carbocycles. The largest absolute Gasteiger partial charge is 0.394 e. The van der Waals surface area contributed by atoms with E-state index in [1.54, 1.807) is 35.9 Å². The summed E-state index contributed by atoms with van der Waals surface area (Å²) in [6, 6.07) is 13.8. The summed E-state index contributed by atoms with van der Waals surface area (Å²) < 4.78 is 13.2. The van der Waals surface area contributed by atoms with Gasteiger partial charge in [-0.2, -0.15) is 0 Å². The van der Waals surface area contributed by atoms with Crippen LogP contribution >= 0.6 is 0 Å². The third-order valence-corrected chi connectivity index (χ3v) is 5.79. The number of amides is 2. The summed E-state index contributed by atoms with van der Waals surface area (Å²) in [5.41, 5.74) is 2.89. The van der Waals surface area contributed by atoms with E-state index in [9.17, 15) is 19.1 Å². The Hall–Kier alpha value is -2.73. The van der Waals surface area contributed by atoms with Crippen molar-refractivity contribution in [3.8, 4) is 11.1 Å². The van der Waals surface area contributed by atoms with Gasteiger partial charge in [-0.3, -0.25) is 9.59 Å². The average Bonchev–Trinajstić information content (AvgIpc) is 2.71. The van der Waals surface area contributed by atoms with Crippen molar-refractivity contribution in [2.24, 2.45) is 0 Å². The van der Waals surface area contributed by atoms with Gasteiger partial charge in [-0.05, 0) is 28.8 Å². The monoisotopic (exact) mass is 398 g/mol. The number of carbonyl (C=O) groups excluding carboxylic acids is 2. The van der Waals surface area contributed by atoms with Crippen LogP contribution in [0.25, 0.3) is 11.1 Å². The van der Waals surface area contributed by atoms with Crippen molar-refractivity contribution in [3.63, 3.8) is 0 Å². The standard InChI is InChI=1S/C23H27FN2O3/c1-4-22(29)26-20(13-25(3)15(2)28)23(21(26)14-27)18-7-5-16(6-8-18)17-9-11-19(24)12-10-17/h5-12,20-21,23,27H,4,13-14H2,1-3H3/t20-,21+,23+/m0/s1. The van der Waals surface area contributed by atoms with Crippen molar-refractivity contribution in [2.45, 2.75) is 38.3 Å². The van der Waals surface area contributed by atoms with E-state index in [1.807, 2.05) is 24.3 Å². The first-order chi connectivity index (χ1) is 13.9. The summed E-state index contributed by atoms with van der Waals surface area (Å²) in [6.07, 6.45) is 0.354. The minimum absolute atomic E-state index is 0.0230. The van der Waals surface area contributed by atoms with E-state index in [0.717, 1.165) is 16.7 Å². The molecule has 0 bridgehead atoms. The van der Waals surface area contributed by atoms with Crippen LogP contribution in [0.3, 0.4) is 0 Å². The van der Waals surface area contributed by atoms with Crippen molar-refractivity contribution in [2.75, 3.05) is 20.2 Å². The van der Waals surface area contributed by atoms with Gasteiger partial charge in [-0.15, -0.1) is 0 Å². The maximum Gasteiger partial charge on any atom is 0.222 e. The first-order valence-corrected chi connectivity index (χ1v) is 9.87. The zero-order valence-corrected chi connectivity index (χ0v) is 17.0. The number of hydrogen-bond acceptors (Lipinski definition) is 3. The van der Waals surface area contributed by atoms with Crippen LogP contribution in [0.2, 0.25) is 0 Å². The van der Waals surface area contributed by atoms with Gasteiger partial charge in [0.1, 0.15) is 5.82 Å². The second-order valence-corrected chi connectivity index (χ2v) is 7.53. The second-order valence-electron chi connectivity index (χ2n) is 7.53. The first kappa shape index (κ1) is 21.0. The number of nitrogens with zero attached hydrogens (tertiary/aromatic N) is 2. The third kappa shape index (κ3) is 4.17. The van der Waals surface area contributed by atoms with E-state index in [-0.39, 0.29) is 42.2 Å². The molecule has 3 atom stereocenters. The molecule has 1 N–H and O–H groups in total. The third-order valence-electron chi connectivity index (χ3n) is 5.79. The molecule has 0 aromatic heterocycles. The lowest BCUT2D eigenvalue weighted by Gasteiger charge is -2.55. The van der Waals surface area contributed by atoms with Gasteiger partial charge in [0.2, 0.25) is 11.8 Å². The molecule has 5 nitrogen and oxygen atoms in total. The molecule has 1 saturated heterocycles. The molecule has 1 heterocycles. The van der Waals surface area contributed by atoms with Crippen molar-refractivity contribution < 1.29 is 19.1 Å². The zero-order valence-electron chi connectivity index (χ0n) is 17.0. The lowest BCUT2D eigenvalue weighted by Crippen LogP contribution is -2.68. The fourth-order valence-electron chi connectivity index (χ4n) is 4.10. The van der Waals surface area contributed by atoms with Gasteiger partial charge in [0, 0.05) is 32.9 Å². The molecule has 1 aliphatic rings. The van der Waals surface area contributed by atoms with Gasteiger partial charge in [-0.1, -0.05) is 43.3 Å². The van der Waals surface area contributed by atoms with E-state index in [0.29, 0.717) is 13.0 Å². The Morgan fingerprint density at radius 3 is 2.07 bits per heavy atom. The number of carbonyl (C=O) groups is 2.